The van der Waals surface area contributed by atoms with E-state index in [0.29, 0.717) is 12.1 Å². The number of carbonyl (C=O) groups excluding carboxylic acids is 4. The third-order valence-corrected chi connectivity index (χ3v) is 6.61. The molecule has 11 heteroatoms. The molecule has 1 N–H and O–H groups in total. The number of esters is 4. The highest BCUT2D eigenvalue weighted by atomic mass is 32.1. The topological polar surface area (TPSA) is 130 Å². The van der Waals surface area contributed by atoms with E-state index in [1.165, 1.54) is 11.3 Å². The molecule has 0 aliphatic heterocycles. The summed E-state index contributed by atoms with van der Waals surface area (Å²) in [5.41, 5.74) is 0.0438. The lowest BCUT2D eigenvalue weighted by atomic mass is 9.97. The third kappa shape index (κ3) is 11.6. The van der Waals surface area contributed by atoms with Gasteiger partial charge in [0.15, 0.2) is 0 Å². The molecule has 0 bridgehead atoms. The Morgan fingerprint density at radius 3 is 1.80 bits per heavy atom. The monoisotopic (exact) mass is 590 g/mol. The highest BCUT2D eigenvalue weighted by Gasteiger charge is 2.31. The number of aromatic nitrogens is 1. The molecule has 0 amide bonds. The third-order valence-electron chi connectivity index (χ3n) is 5.67. The van der Waals surface area contributed by atoms with Crippen LogP contribution in [-0.2, 0) is 44.5 Å². The van der Waals surface area contributed by atoms with Gasteiger partial charge >= 0.3 is 23.9 Å². The SMILES string of the molecule is CC(C)CC(NC(Cc1csc(-c2ccccc2)n1)C(=O)OCOC(=O)C(C)(C)C)C(=O)OCOC(=O)C(C)(C)C. The Labute approximate surface area is 246 Å². The number of benzene rings is 1. The summed E-state index contributed by atoms with van der Waals surface area (Å²) in [4.78, 5) is 55.0. The van der Waals surface area contributed by atoms with E-state index in [1.54, 1.807) is 41.5 Å². The van der Waals surface area contributed by atoms with Crippen LogP contribution in [0.5, 0.6) is 0 Å². The number of carbonyl (C=O) groups is 4. The molecule has 2 aromatic rings. The van der Waals surface area contributed by atoms with Gasteiger partial charge in [0.25, 0.3) is 0 Å². The van der Waals surface area contributed by atoms with Gasteiger partial charge in [-0.25, -0.2) is 4.98 Å². The number of thiazole rings is 1. The number of nitrogens with one attached hydrogen (secondary N) is 1. The molecule has 0 radical (unpaired) electrons. The molecule has 0 saturated heterocycles. The van der Waals surface area contributed by atoms with Crippen LogP contribution in [0.1, 0.15) is 67.5 Å². The van der Waals surface area contributed by atoms with Gasteiger partial charge in [-0.15, -0.1) is 11.3 Å². The fraction of sp³-hybridized carbons (Fsp3) is 0.567. The van der Waals surface area contributed by atoms with Gasteiger partial charge in [-0.2, -0.15) is 0 Å². The van der Waals surface area contributed by atoms with Crippen LogP contribution >= 0.6 is 11.3 Å². The molecule has 0 spiro atoms. The van der Waals surface area contributed by atoms with E-state index in [1.807, 2.05) is 49.6 Å². The summed E-state index contributed by atoms with van der Waals surface area (Å²) in [5.74, 6) is -2.37. The minimum Gasteiger partial charge on any atom is -0.427 e. The average molecular weight is 591 g/mol. The number of ether oxygens (including phenoxy) is 4. The maximum absolute atomic E-state index is 13.2. The van der Waals surface area contributed by atoms with Crippen LogP contribution in [-0.4, -0.2) is 54.5 Å². The van der Waals surface area contributed by atoms with E-state index in [4.69, 9.17) is 18.9 Å². The summed E-state index contributed by atoms with van der Waals surface area (Å²) >= 11 is 1.43. The lowest BCUT2D eigenvalue weighted by Crippen LogP contribution is -2.50. The molecule has 0 saturated carbocycles. The van der Waals surface area contributed by atoms with Crippen LogP contribution in [0.3, 0.4) is 0 Å². The number of hydrogen-bond acceptors (Lipinski definition) is 11. The molecule has 0 aliphatic rings. The first kappa shape index (κ1) is 33.9. The lowest BCUT2D eigenvalue weighted by Gasteiger charge is -2.25. The molecule has 2 atom stereocenters. The Balaban J connectivity index is 2.19. The normalized spacial score (nSPS) is 13.3. The summed E-state index contributed by atoms with van der Waals surface area (Å²) in [5, 5.41) is 5.68. The predicted octanol–water partition coefficient (Wildman–Crippen LogP) is 4.91. The Bertz CT molecular complexity index is 1170. The van der Waals surface area contributed by atoms with Gasteiger partial charge in [-0.1, -0.05) is 44.2 Å². The van der Waals surface area contributed by atoms with Crippen molar-refractivity contribution in [3.05, 3.63) is 41.4 Å². The van der Waals surface area contributed by atoms with Crippen molar-refractivity contribution in [2.24, 2.45) is 16.7 Å². The summed E-state index contributed by atoms with van der Waals surface area (Å²) in [7, 11) is 0. The van der Waals surface area contributed by atoms with Crippen molar-refractivity contribution in [1.29, 1.82) is 0 Å². The van der Waals surface area contributed by atoms with E-state index in [2.05, 4.69) is 10.3 Å². The fourth-order valence-electron chi connectivity index (χ4n) is 3.40. The molecular weight excluding hydrogens is 548 g/mol. The Kier molecular flexibility index (Phi) is 12.5. The molecule has 1 aromatic carbocycles. The molecule has 0 fully saturated rings. The summed E-state index contributed by atoms with van der Waals surface area (Å²) in [6.45, 7) is 12.9. The number of rotatable bonds is 13. The first-order chi connectivity index (χ1) is 19.1. The van der Waals surface area contributed by atoms with Gasteiger partial charge in [-0.05, 0) is 53.9 Å². The zero-order valence-electron chi connectivity index (χ0n) is 25.1. The van der Waals surface area contributed by atoms with Crippen LogP contribution in [0.4, 0.5) is 0 Å². The van der Waals surface area contributed by atoms with Crippen LogP contribution in [0, 0.1) is 16.7 Å². The summed E-state index contributed by atoms with van der Waals surface area (Å²) in [6, 6.07) is 7.70. The predicted molar refractivity (Wildman–Crippen MR) is 154 cm³/mol. The largest absolute Gasteiger partial charge is 0.427 e. The van der Waals surface area contributed by atoms with Crippen LogP contribution in [0.2, 0.25) is 0 Å². The Morgan fingerprint density at radius 1 is 0.805 bits per heavy atom. The lowest BCUT2D eigenvalue weighted by molar-refractivity contribution is -0.175. The zero-order chi connectivity index (χ0) is 30.8. The molecular formula is C30H42N2O8S. The molecule has 10 nitrogen and oxygen atoms in total. The highest BCUT2D eigenvalue weighted by molar-refractivity contribution is 7.13. The van der Waals surface area contributed by atoms with E-state index >= 15 is 0 Å². The molecule has 41 heavy (non-hydrogen) atoms. The second kappa shape index (κ2) is 15.1. The quantitative estimate of drug-likeness (QED) is 0.254. The van der Waals surface area contributed by atoms with E-state index in [-0.39, 0.29) is 12.3 Å². The van der Waals surface area contributed by atoms with Gasteiger partial charge in [0, 0.05) is 17.4 Å². The van der Waals surface area contributed by atoms with Crippen LogP contribution in [0.15, 0.2) is 35.7 Å². The van der Waals surface area contributed by atoms with Crippen molar-refractivity contribution >= 4 is 35.2 Å². The van der Waals surface area contributed by atoms with Gasteiger partial charge in [0.05, 0.1) is 16.5 Å². The minimum absolute atomic E-state index is 0.0607. The molecule has 2 unspecified atom stereocenters. The maximum Gasteiger partial charge on any atom is 0.326 e. The average Bonchev–Trinajstić information content (AvgIpc) is 3.35. The molecule has 226 valence electrons. The van der Waals surface area contributed by atoms with E-state index in [9.17, 15) is 19.2 Å². The van der Waals surface area contributed by atoms with Crippen LogP contribution < -0.4 is 5.32 Å². The minimum atomic E-state index is -1.01. The van der Waals surface area contributed by atoms with Crippen molar-refractivity contribution < 1.29 is 38.1 Å². The van der Waals surface area contributed by atoms with Crippen molar-refractivity contribution in [3.63, 3.8) is 0 Å². The van der Waals surface area contributed by atoms with Crippen molar-refractivity contribution in [3.8, 4) is 10.6 Å². The standard InChI is InChI=1S/C30H42N2O8S/c1-19(2)14-22(25(33)37-17-39-27(35)29(3,4)5)32-23(26(34)38-18-40-28(36)30(6,7)8)15-21-16-41-24(31-21)20-12-10-9-11-13-20/h9-13,16,19,22-23,32H,14-15,17-18H2,1-8H3. The van der Waals surface area contributed by atoms with Gasteiger partial charge < -0.3 is 18.9 Å². The molecule has 2 rings (SSSR count). The second-order valence-electron chi connectivity index (χ2n) is 12.1. The first-order valence-electron chi connectivity index (χ1n) is 13.5. The molecule has 0 aliphatic carbocycles. The molecule has 1 heterocycles. The van der Waals surface area contributed by atoms with Crippen molar-refractivity contribution in [2.75, 3.05) is 13.6 Å². The van der Waals surface area contributed by atoms with E-state index < -0.39 is 60.4 Å². The summed E-state index contributed by atoms with van der Waals surface area (Å²) in [6.07, 6.45) is 0.442. The Morgan fingerprint density at radius 2 is 1.32 bits per heavy atom. The highest BCUT2D eigenvalue weighted by Crippen LogP contribution is 2.24. The first-order valence-corrected chi connectivity index (χ1v) is 14.4. The molecule has 1 aromatic heterocycles. The number of nitrogens with zero attached hydrogens (tertiary/aromatic N) is 1. The van der Waals surface area contributed by atoms with E-state index in [0.717, 1.165) is 10.6 Å². The maximum atomic E-state index is 13.2. The van der Waals surface area contributed by atoms with Crippen molar-refractivity contribution in [2.45, 2.75) is 80.3 Å². The van der Waals surface area contributed by atoms with Crippen molar-refractivity contribution in [1.82, 2.24) is 10.3 Å². The van der Waals surface area contributed by atoms with Gasteiger partial charge in [-0.3, -0.25) is 24.5 Å². The fourth-order valence-corrected chi connectivity index (χ4v) is 4.24. The van der Waals surface area contributed by atoms with Crippen LogP contribution in [0.25, 0.3) is 10.6 Å². The number of hydrogen-bond donors (Lipinski definition) is 1. The smallest absolute Gasteiger partial charge is 0.326 e. The Hall–Kier alpha value is -3.31. The second-order valence-corrected chi connectivity index (χ2v) is 13.0. The summed E-state index contributed by atoms with van der Waals surface area (Å²) < 4.78 is 20.7. The van der Waals surface area contributed by atoms with Gasteiger partial charge in [0.1, 0.15) is 17.1 Å². The zero-order valence-corrected chi connectivity index (χ0v) is 26.0. The van der Waals surface area contributed by atoms with Gasteiger partial charge in [0.2, 0.25) is 13.6 Å².